The average molecular weight is 268 g/mol. The number of ether oxygens (including phenoxy) is 1. The largest absolute Gasteiger partial charge is 0.742 e. The Balaban J connectivity index is 2.21. The topological polar surface area (TPSA) is 124 Å². The number of anilines is 1. The number of aromatic nitrogens is 2. The Morgan fingerprint density at radius 2 is 2.17 bits per heavy atom. The number of rotatable bonds is 1. The number of hydrogen-bond acceptors (Lipinski definition) is 6. The number of nitrogens with zero attached hydrogens (tertiary/aromatic N) is 1. The summed E-state index contributed by atoms with van der Waals surface area (Å²) in [5, 5.41) is 1.90. The third-order valence-electron chi connectivity index (χ3n) is 2.43. The predicted octanol–water partition coefficient (Wildman–Crippen LogP) is -0.202. The minimum Gasteiger partial charge on any atom is -0.742 e. The normalized spacial score (nSPS) is 15.1. The van der Waals surface area contributed by atoms with Crippen molar-refractivity contribution in [3.63, 3.8) is 0 Å². The van der Waals surface area contributed by atoms with Gasteiger partial charge in [-0.3, -0.25) is 4.79 Å². The lowest BCUT2D eigenvalue weighted by atomic mass is 10.2. The lowest BCUT2D eigenvalue weighted by Gasteiger charge is -2.17. The highest BCUT2D eigenvalue weighted by Crippen LogP contribution is 2.31. The summed E-state index contributed by atoms with van der Waals surface area (Å²) >= 11 is 0. The van der Waals surface area contributed by atoms with E-state index in [4.69, 9.17) is 4.74 Å². The minimum absolute atomic E-state index is 0.115. The van der Waals surface area contributed by atoms with Gasteiger partial charge in [-0.2, -0.15) is 0 Å². The van der Waals surface area contributed by atoms with E-state index in [-0.39, 0.29) is 18.0 Å². The summed E-state index contributed by atoms with van der Waals surface area (Å²) in [6.45, 7) is -0.115. The summed E-state index contributed by atoms with van der Waals surface area (Å²) in [6.07, 6.45) is 0. The molecule has 8 nitrogen and oxygen atoms in total. The molecule has 1 aromatic heterocycles. The van der Waals surface area contributed by atoms with Crippen molar-refractivity contribution in [2.75, 3.05) is 11.9 Å². The number of carbonyl (C=O) groups excluding carboxylic acids is 1. The second-order valence-electron chi connectivity index (χ2n) is 3.70. The van der Waals surface area contributed by atoms with Gasteiger partial charge in [0.2, 0.25) is 5.16 Å². The summed E-state index contributed by atoms with van der Waals surface area (Å²) in [5.74, 6) is 0.0708. The summed E-state index contributed by atoms with van der Waals surface area (Å²) in [5.41, 5.74) is 1.01. The third-order valence-corrected chi connectivity index (χ3v) is 3.10. The first-order chi connectivity index (χ1) is 8.43. The zero-order valence-corrected chi connectivity index (χ0v) is 9.58. The lowest BCUT2D eigenvalue weighted by molar-refractivity contribution is -0.118. The molecular weight excluding hydrogens is 262 g/mol. The maximum atomic E-state index is 11.1. The molecule has 0 saturated heterocycles. The van der Waals surface area contributed by atoms with Gasteiger partial charge in [0.25, 0.3) is 5.91 Å². The van der Waals surface area contributed by atoms with Gasteiger partial charge in [-0.25, -0.2) is 13.4 Å². The molecule has 0 bridgehead atoms. The lowest BCUT2D eigenvalue weighted by Crippen LogP contribution is -2.25. The van der Waals surface area contributed by atoms with E-state index in [9.17, 15) is 17.8 Å². The first-order valence-electron chi connectivity index (χ1n) is 4.86. The van der Waals surface area contributed by atoms with Gasteiger partial charge in [-0.1, -0.05) is 0 Å². The highest BCUT2D eigenvalue weighted by atomic mass is 32.2. The summed E-state index contributed by atoms with van der Waals surface area (Å²) in [4.78, 5) is 17.2. The van der Waals surface area contributed by atoms with E-state index >= 15 is 0 Å². The smallest absolute Gasteiger partial charge is 0.262 e. The van der Waals surface area contributed by atoms with E-state index < -0.39 is 15.3 Å². The average Bonchev–Trinajstić information content (AvgIpc) is 2.68. The van der Waals surface area contributed by atoms with Crippen LogP contribution in [0.3, 0.4) is 0 Å². The van der Waals surface area contributed by atoms with Crippen LogP contribution >= 0.6 is 0 Å². The summed E-state index contributed by atoms with van der Waals surface area (Å²) in [7, 11) is -4.64. The standard InChI is InChI=1S/C9H7N3O5S/c13-8-3-17-7-2-5-4(1-6(7)10-8)11-9(12-5)18(14,15)16/h1-2H,3H2,(H,10,13)(H,11,12)(H,14,15,16)/p-1. The quantitative estimate of drug-likeness (QED) is 0.690. The molecule has 1 aromatic carbocycles. The van der Waals surface area contributed by atoms with E-state index in [1.165, 1.54) is 12.1 Å². The van der Waals surface area contributed by atoms with E-state index in [0.29, 0.717) is 17.0 Å². The molecule has 0 atom stereocenters. The van der Waals surface area contributed by atoms with Crippen LogP contribution in [0, 0.1) is 0 Å². The number of H-pyrrole nitrogens is 1. The monoisotopic (exact) mass is 268 g/mol. The number of aromatic amines is 1. The zero-order valence-electron chi connectivity index (χ0n) is 8.76. The van der Waals surface area contributed by atoms with Gasteiger partial charge in [0, 0.05) is 6.07 Å². The molecule has 94 valence electrons. The van der Waals surface area contributed by atoms with Gasteiger partial charge in [0.15, 0.2) is 16.7 Å². The molecular formula is C9H6N3O5S-. The van der Waals surface area contributed by atoms with Crippen molar-refractivity contribution in [1.29, 1.82) is 0 Å². The summed E-state index contributed by atoms with van der Waals surface area (Å²) < 4.78 is 37.6. The van der Waals surface area contributed by atoms with Crippen molar-refractivity contribution < 1.29 is 22.5 Å². The first kappa shape index (κ1) is 11.0. The molecule has 9 heteroatoms. The van der Waals surface area contributed by atoms with Gasteiger partial charge >= 0.3 is 0 Å². The second kappa shape index (κ2) is 3.43. The van der Waals surface area contributed by atoms with Crippen LogP contribution in [0.25, 0.3) is 11.0 Å². The molecule has 0 unspecified atom stereocenters. The Morgan fingerprint density at radius 3 is 2.89 bits per heavy atom. The van der Waals surface area contributed by atoms with Crippen LogP contribution in [-0.4, -0.2) is 35.5 Å². The van der Waals surface area contributed by atoms with Crippen LogP contribution in [0.5, 0.6) is 5.75 Å². The Morgan fingerprint density at radius 1 is 1.39 bits per heavy atom. The van der Waals surface area contributed by atoms with E-state index in [0.717, 1.165) is 0 Å². The van der Waals surface area contributed by atoms with Crippen molar-refractivity contribution in [2.24, 2.45) is 0 Å². The Hall–Kier alpha value is -2.13. The molecule has 0 spiro atoms. The first-order valence-corrected chi connectivity index (χ1v) is 6.26. The van der Waals surface area contributed by atoms with Gasteiger partial charge in [0.05, 0.1) is 16.7 Å². The molecule has 0 fully saturated rings. The Labute approximate surface area is 101 Å². The minimum atomic E-state index is -4.64. The van der Waals surface area contributed by atoms with Crippen LogP contribution < -0.4 is 10.1 Å². The number of amides is 1. The Kier molecular flexibility index (Phi) is 2.10. The fourth-order valence-corrected chi connectivity index (χ4v) is 2.12. The molecule has 2 N–H and O–H groups in total. The zero-order chi connectivity index (χ0) is 12.9. The van der Waals surface area contributed by atoms with Crippen LogP contribution in [-0.2, 0) is 14.9 Å². The second-order valence-corrected chi connectivity index (χ2v) is 4.99. The molecule has 0 saturated carbocycles. The van der Waals surface area contributed by atoms with Crippen molar-refractivity contribution in [2.45, 2.75) is 5.16 Å². The molecule has 3 rings (SSSR count). The van der Waals surface area contributed by atoms with Gasteiger partial charge < -0.3 is 19.6 Å². The van der Waals surface area contributed by atoms with Crippen molar-refractivity contribution in [3.8, 4) is 5.75 Å². The molecule has 18 heavy (non-hydrogen) atoms. The van der Waals surface area contributed by atoms with E-state index in [1.807, 2.05) is 0 Å². The third kappa shape index (κ3) is 1.69. The SMILES string of the molecule is O=C1COc2cc3nc(S(=O)(=O)[O-])[nH]c3cc2N1. The number of hydrogen-bond donors (Lipinski definition) is 2. The molecule has 2 heterocycles. The molecule has 1 amide bonds. The molecule has 1 aliphatic heterocycles. The fraction of sp³-hybridized carbons (Fsp3) is 0.111. The molecule has 0 radical (unpaired) electrons. The van der Waals surface area contributed by atoms with Crippen LogP contribution in [0.15, 0.2) is 17.3 Å². The molecule has 0 aliphatic carbocycles. The number of nitrogens with one attached hydrogen (secondary N) is 2. The van der Waals surface area contributed by atoms with Crippen molar-refractivity contribution in [3.05, 3.63) is 12.1 Å². The summed E-state index contributed by atoms with van der Waals surface area (Å²) in [6, 6.07) is 2.92. The molecule has 2 aromatic rings. The van der Waals surface area contributed by atoms with Crippen LogP contribution in [0.2, 0.25) is 0 Å². The van der Waals surface area contributed by atoms with Crippen molar-refractivity contribution >= 4 is 32.7 Å². The Bertz CT molecular complexity index is 764. The van der Waals surface area contributed by atoms with Gasteiger partial charge in [0.1, 0.15) is 5.75 Å². The fourth-order valence-electron chi connectivity index (χ4n) is 1.68. The van der Waals surface area contributed by atoms with E-state index in [1.54, 1.807) is 0 Å². The maximum absolute atomic E-state index is 11.1. The number of benzene rings is 1. The van der Waals surface area contributed by atoms with Gasteiger partial charge in [-0.05, 0) is 6.07 Å². The highest BCUT2D eigenvalue weighted by Gasteiger charge is 2.18. The number of fused-ring (bicyclic) bond motifs is 2. The van der Waals surface area contributed by atoms with Crippen molar-refractivity contribution in [1.82, 2.24) is 9.97 Å². The highest BCUT2D eigenvalue weighted by molar-refractivity contribution is 7.85. The maximum Gasteiger partial charge on any atom is 0.262 e. The number of carbonyl (C=O) groups is 1. The van der Waals surface area contributed by atoms with Crippen LogP contribution in [0.4, 0.5) is 5.69 Å². The van der Waals surface area contributed by atoms with E-state index in [2.05, 4.69) is 15.3 Å². The predicted molar refractivity (Wildman–Crippen MR) is 58.2 cm³/mol. The molecule has 1 aliphatic rings. The number of imidazole rings is 1. The van der Waals surface area contributed by atoms with Gasteiger partial charge in [-0.15, -0.1) is 0 Å². The van der Waals surface area contributed by atoms with Crippen LogP contribution in [0.1, 0.15) is 0 Å².